The van der Waals surface area contributed by atoms with Crippen molar-refractivity contribution in [2.45, 2.75) is 20.8 Å². The van der Waals surface area contributed by atoms with E-state index < -0.39 is 0 Å². The van der Waals surface area contributed by atoms with Crippen molar-refractivity contribution in [1.29, 1.82) is 0 Å². The van der Waals surface area contributed by atoms with Crippen LogP contribution in [0.5, 0.6) is 0 Å². The molecule has 0 aromatic carbocycles. The minimum Gasteiger partial charge on any atom is -0.396 e. The lowest BCUT2D eigenvalue weighted by atomic mass is 10.2. The van der Waals surface area contributed by atoms with E-state index in [0.717, 1.165) is 46.1 Å². The van der Waals surface area contributed by atoms with E-state index in [9.17, 15) is 0 Å². The second kappa shape index (κ2) is 11.3. The van der Waals surface area contributed by atoms with Crippen molar-refractivity contribution in [3.63, 3.8) is 0 Å². The first-order valence-electron chi connectivity index (χ1n) is 6.23. The van der Waals surface area contributed by atoms with Gasteiger partial charge >= 0.3 is 0 Å². The highest BCUT2D eigenvalue weighted by Crippen LogP contribution is 1.99. The summed E-state index contributed by atoms with van der Waals surface area (Å²) in [6.45, 7) is 12.0. The van der Waals surface area contributed by atoms with Crippen molar-refractivity contribution in [3.8, 4) is 0 Å². The highest BCUT2D eigenvalue weighted by atomic mass is 16.5. The molecule has 0 aromatic heterocycles. The molecule has 98 valence electrons. The van der Waals surface area contributed by atoms with Gasteiger partial charge in [-0.05, 0) is 19.8 Å². The molecular weight excluding hydrogens is 206 g/mol. The Morgan fingerprint density at radius 1 is 1.06 bits per heavy atom. The SMILES string of the molecule is CCOCCN(CCOCC)CC(C)CO. The first kappa shape index (κ1) is 15.8. The van der Waals surface area contributed by atoms with Gasteiger partial charge in [0.1, 0.15) is 0 Å². The van der Waals surface area contributed by atoms with E-state index in [1.807, 2.05) is 20.8 Å². The monoisotopic (exact) mass is 233 g/mol. The summed E-state index contributed by atoms with van der Waals surface area (Å²) in [6, 6.07) is 0. The second-order valence-electron chi connectivity index (χ2n) is 3.98. The molecule has 0 aliphatic heterocycles. The normalized spacial score (nSPS) is 13.3. The van der Waals surface area contributed by atoms with Crippen LogP contribution in [0.2, 0.25) is 0 Å². The van der Waals surface area contributed by atoms with E-state index in [2.05, 4.69) is 4.90 Å². The Hall–Kier alpha value is -0.160. The summed E-state index contributed by atoms with van der Waals surface area (Å²) >= 11 is 0. The van der Waals surface area contributed by atoms with Crippen LogP contribution in [0.25, 0.3) is 0 Å². The van der Waals surface area contributed by atoms with Gasteiger partial charge in [0.05, 0.1) is 13.2 Å². The van der Waals surface area contributed by atoms with Gasteiger partial charge in [0, 0.05) is 39.5 Å². The molecule has 0 amide bonds. The fraction of sp³-hybridized carbons (Fsp3) is 1.00. The lowest BCUT2D eigenvalue weighted by Gasteiger charge is -2.24. The molecule has 0 saturated heterocycles. The molecular formula is C12H27NO3. The molecule has 1 unspecified atom stereocenters. The molecule has 0 fully saturated rings. The predicted molar refractivity (Wildman–Crippen MR) is 65.7 cm³/mol. The van der Waals surface area contributed by atoms with E-state index in [1.54, 1.807) is 0 Å². The van der Waals surface area contributed by atoms with Crippen molar-refractivity contribution >= 4 is 0 Å². The molecule has 16 heavy (non-hydrogen) atoms. The molecule has 0 aliphatic carbocycles. The van der Waals surface area contributed by atoms with Gasteiger partial charge < -0.3 is 14.6 Å². The number of hydrogen-bond donors (Lipinski definition) is 1. The first-order valence-corrected chi connectivity index (χ1v) is 6.23. The average molecular weight is 233 g/mol. The van der Waals surface area contributed by atoms with Crippen LogP contribution < -0.4 is 0 Å². The summed E-state index contributed by atoms with van der Waals surface area (Å²) < 4.78 is 10.7. The van der Waals surface area contributed by atoms with Gasteiger partial charge in [0.25, 0.3) is 0 Å². The number of aliphatic hydroxyl groups excluding tert-OH is 1. The van der Waals surface area contributed by atoms with E-state index in [1.165, 1.54) is 0 Å². The fourth-order valence-electron chi connectivity index (χ4n) is 1.47. The topological polar surface area (TPSA) is 41.9 Å². The minimum atomic E-state index is 0.236. The molecule has 0 aliphatic rings. The van der Waals surface area contributed by atoms with Gasteiger partial charge in [-0.15, -0.1) is 0 Å². The largest absolute Gasteiger partial charge is 0.396 e. The van der Waals surface area contributed by atoms with Gasteiger partial charge in [-0.2, -0.15) is 0 Å². The van der Waals surface area contributed by atoms with Crippen LogP contribution in [0.1, 0.15) is 20.8 Å². The number of rotatable bonds is 11. The predicted octanol–water partition coefficient (Wildman–Crippen LogP) is 0.990. The summed E-state index contributed by atoms with van der Waals surface area (Å²) in [5, 5.41) is 9.04. The summed E-state index contributed by atoms with van der Waals surface area (Å²) in [5.41, 5.74) is 0. The molecule has 0 rings (SSSR count). The van der Waals surface area contributed by atoms with Crippen LogP contribution >= 0.6 is 0 Å². The molecule has 1 atom stereocenters. The Kier molecular flexibility index (Phi) is 11.2. The van der Waals surface area contributed by atoms with Gasteiger partial charge in [0.15, 0.2) is 0 Å². The van der Waals surface area contributed by atoms with Crippen molar-refractivity contribution in [3.05, 3.63) is 0 Å². The maximum atomic E-state index is 9.04. The summed E-state index contributed by atoms with van der Waals surface area (Å²) in [4.78, 5) is 2.28. The molecule has 0 bridgehead atoms. The summed E-state index contributed by atoms with van der Waals surface area (Å²) in [6.07, 6.45) is 0. The van der Waals surface area contributed by atoms with Gasteiger partial charge in [0.2, 0.25) is 0 Å². The zero-order valence-electron chi connectivity index (χ0n) is 10.9. The second-order valence-corrected chi connectivity index (χ2v) is 3.98. The Bertz CT molecular complexity index is 134. The summed E-state index contributed by atoms with van der Waals surface area (Å²) in [5.74, 6) is 0.309. The van der Waals surface area contributed by atoms with Crippen LogP contribution in [0.3, 0.4) is 0 Å². The lowest BCUT2D eigenvalue weighted by Crippen LogP contribution is -2.35. The van der Waals surface area contributed by atoms with Gasteiger partial charge in [-0.25, -0.2) is 0 Å². The van der Waals surface area contributed by atoms with Crippen molar-refractivity contribution in [2.75, 3.05) is 52.7 Å². The minimum absolute atomic E-state index is 0.236. The zero-order chi connectivity index (χ0) is 12.2. The maximum Gasteiger partial charge on any atom is 0.0593 e. The molecule has 4 nitrogen and oxygen atoms in total. The van der Waals surface area contributed by atoms with Gasteiger partial charge in [-0.1, -0.05) is 6.92 Å². The van der Waals surface area contributed by atoms with Crippen molar-refractivity contribution < 1.29 is 14.6 Å². The zero-order valence-corrected chi connectivity index (χ0v) is 10.9. The van der Waals surface area contributed by atoms with Crippen molar-refractivity contribution in [2.24, 2.45) is 5.92 Å². The van der Waals surface area contributed by atoms with Crippen LogP contribution in [-0.2, 0) is 9.47 Å². The summed E-state index contributed by atoms with van der Waals surface area (Å²) in [7, 11) is 0. The smallest absolute Gasteiger partial charge is 0.0593 e. The van der Waals surface area contributed by atoms with Crippen LogP contribution in [0.15, 0.2) is 0 Å². The molecule has 0 heterocycles. The fourth-order valence-corrected chi connectivity index (χ4v) is 1.47. The molecule has 1 N–H and O–H groups in total. The number of aliphatic hydroxyl groups is 1. The number of ether oxygens (including phenoxy) is 2. The third kappa shape index (κ3) is 9.09. The molecule has 0 saturated carbocycles. The Morgan fingerprint density at radius 2 is 1.56 bits per heavy atom. The van der Waals surface area contributed by atoms with Crippen LogP contribution in [0, 0.1) is 5.92 Å². The Morgan fingerprint density at radius 3 is 1.94 bits per heavy atom. The average Bonchev–Trinajstić information content (AvgIpc) is 2.29. The lowest BCUT2D eigenvalue weighted by molar-refractivity contribution is 0.0708. The number of nitrogens with zero attached hydrogens (tertiary/aromatic N) is 1. The highest BCUT2D eigenvalue weighted by molar-refractivity contribution is 4.62. The Labute approximate surface area is 99.5 Å². The number of hydrogen-bond acceptors (Lipinski definition) is 4. The van der Waals surface area contributed by atoms with E-state index in [0.29, 0.717) is 5.92 Å². The quantitative estimate of drug-likeness (QED) is 0.540. The van der Waals surface area contributed by atoms with Crippen LogP contribution in [-0.4, -0.2) is 62.7 Å². The van der Waals surface area contributed by atoms with Crippen molar-refractivity contribution in [1.82, 2.24) is 4.90 Å². The Balaban J connectivity index is 3.75. The van der Waals surface area contributed by atoms with E-state index in [-0.39, 0.29) is 6.61 Å². The molecule has 0 aromatic rings. The van der Waals surface area contributed by atoms with E-state index in [4.69, 9.17) is 14.6 Å². The first-order chi connectivity index (χ1) is 7.74. The third-order valence-electron chi connectivity index (χ3n) is 2.39. The van der Waals surface area contributed by atoms with Crippen LogP contribution in [0.4, 0.5) is 0 Å². The third-order valence-corrected chi connectivity index (χ3v) is 2.39. The highest BCUT2D eigenvalue weighted by Gasteiger charge is 2.09. The standard InChI is InChI=1S/C12H27NO3/c1-4-15-8-6-13(7-9-16-5-2)10-12(3)11-14/h12,14H,4-11H2,1-3H3. The van der Waals surface area contributed by atoms with E-state index >= 15 is 0 Å². The maximum absolute atomic E-state index is 9.04. The molecule has 0 spiro atoms. The van der Waals surface area contributed by atoms with Gasteiger partial charge in [-0.3, -0.25) is 4.90 Å². The molecule has 0 radical (unpaired) electrons. The molecule has 4 heteroatoms.